The van der Waals surface area contributed by atoms with Crippen LogP contribution >= 0.6 is 11.6 Å². The van der Waals surface area contributed by atoms with Crippen LogP contribution in [0.5, 0.6) is 0 Å². The van der Waals surface area contributed by atoms with E-state index < -0.39 is 0 Å². The van der Waals surface area contributed by atoms with Crippen LogP contribution in [0.2, 0.25) is 5.02 Å². The zero-order valence-electron chi connectivity index (χ0n) is 14.8. The lowest BCUT2D eigenvalue weighted by molar-refractivity contribution is -0.147. The molecule has 1 unspecified atom stereocenters. The lowest BCUT2D eigenvalue weighted by Crippen LogP contribution is -2.64. The molecule has 4 nitrogen and oxygen atoms in total. The zero-order chi connectivity index (χ0) is 17.1. The Kier molecular flexibility index (Phi) is 5.63. The van der Waals surface area contributed by atoms with Crippen LogP contribution in [0, 0.1) is 11.8 Å². The van der Waals surface area contributed by atoms with E-state index in [4.69, 9.17) is 25.8 Å². The Morgan fingerprint density at radius 3 is 2.56 bits per heavy atom. The number of rotatable bonds is 6. The largest absolute Gasteiger partial charge is 0.381 e. The normalized spacial score (nSPS) is 26.8. The van der Waals surface area contributed by atoms with Crippen LogP contribution in [0.1, 0.15) is 24.8 Å². The summed E-state index contributed by atoms with van der Waals surface area (Å²) in [7, 11) is 0. The second-order valence-electron chi connectivity index (χ2n) is 7.76. The molecule has 1 atom stereocenters. The predicted molar refractivity (Wildman–Crippen MR) is 97.9 cm³/mol. The van der Waals surface area contributed by atoms with E-state index >= 15 is 0 Å². The first-order valence-electron chi connectivity index (χ1n) is 9.50. The van der Waals surface area contributed by atoms with Gasteiger partial charge in [0.15, 0.2) is 0 Å². The molecule has 0 radical (unpaired) electrons. The van der Waals surface area contributed by atoms with E-state index in [1.807, 2.05) is 12.1 Å². The van der Waals surface area contributed by atoms with Gasteiger partial charge in [0.25, 0.3) is 0 Å². The lowest BCUT2D eigenvalue weighted by Gasteiger charge is -2.50. The Balaban J connectivity index is 1.22. The number of halogens is 1. The van der Waals surface area contributed by atoms with Gasteiger partial charge in [-0.2, -0.15) is 0 Å². The summed E-state index contributed by atoms with van der Waals surface area (Å²) in [6, 6.07) is 8.14. The highest BCUT2D eigenvalue weighted by Gasteiger charge is 2.52. The van der Waals surface area contributed by atoms with Gasteiger partial charge in [-0.15, -0.1) is 0 Å². The molecule has 1 aromatic carbocycles. The molecular weight excluding hydrogens is 338 g/mol. The van der Waals surface area contributed by atoms with Gasteiger partial charge in [0.2, 0.25) is 0 Å². The molecule has 0 saturated carbocycles. The maximum atomic E-state index is 6.16. The van der Waals surface area contributed by atoms with Gasteiger partial charge in [0.05, 0.1) is 12.2 Å². The third kappa shape index (κ3) is 4.20. The predicted octanol–water partition coefficient (Wildman–Crippen LogP) is 3.37. The summed E-state index contributed by atoms with van der Waals surface area (Å²) in [5.41, 5.74) is 1.34. The maximum absolute atomic E-state index is 6.16. The van der Waals surface area contributed by atoms with E-state index in [9.17, 15) is 0 Å². The van der Waals surface area contributed by atoms with Crippen LogP contribution in [0.3, 0.4) is 0 Å². The molecule has 138 valence electrons. The second-order valence-corrected chi connectivity index (χ2v) is 8.20. The third-order valence-corrected chi connectivity index (χ3v) is 6.17. The first-order valence-corrected chi connectivity index (χ1v) is 9.88. The fourth-order valence-corrected chi connectivity index (χ4v) is 4.46. The molecule has 1 spiro atoms. The Morgan fingerprint density at radius 1 is 1.04 bits per heavy atom. The van der Waals surface area contributed by atoms with Gasteiger partial charge in [-0.05, 0) is 42.9 Å². The Morgan fingerprint density at radius 2 is 1.80 bits per heavy atom. The summed E-state index contributed by atoms with van der Waals surface area (Å²) in [5, 5.41) is 0.796. The monoisotopic (exact) mass is 365 g/mol. The summed E-state index contributed by atoms with van der Waals surface area (Å²) in [4.78, 5) is 2.46. The minimum atomic E-state index is 0.0299. The van der Waals surface area contributed by atoms with Crippen LogP contribution in [0.4, 0.5) is 0 Å². The number of benzene rings is 1. The van der Waals surface area contributed by atoms with Crippen molar-refractivity contribution >= 4 is 11.6 Å². The summed E-state index contributed by atoms with van der Waals surface area (Å²) >= 11 is 5.96. The molecule has 25 heavy (non-hydrogen) atoms. The molecule has 4 rings (SSSR count). The minimum Gasteiger partial charge on any atom is -0.381 e. The maximum Gasteiger partial charge on any atom is 0.0985 e. The van der Waals surface area contributed by atoms with Gasteiger partial charge in [0.1, 0.15) is 0 Å². The summed E-state index contributed by atoms with van der Waals surface area (Å²) < 4.78 is 17.7. The quantitative estimate of drug-likeness (QED) is 0.773. The number of hydrogen-bond donors (Lipinski definition) is 0. The van der Waals surface area contributed by atoms with Crippen molar-refractivity contribution in [2.75, 3.05) is 46.1 Å². The van der Waals surface area contributed by atoms with Crippen molar-refractivity contribution in [2.45, 2.75) is 31.4 Å². The highest BCUT2D eigenvalue weighted by atomic mass is 35.5. The molecule has 5 heteroatoms. The van der Waals surface area contributed by atoms with Gasteiger partial charge in [-0.3, -0.25) is 4.90 Å². The van der Waals surface area contributed by atoms with Crippen molar-refractivity contribution in [3.05, 3.63) is 34.9 Å². The summed E-state index contributed by atoms with van der Waals surface area (Å²) in [5.74, 6) is 1.21. The Bertz CT molecular complexity index is 553. The van der Waals surface area contributed by atoms with Crippen LogP contribution in [-0.4, -0.2) is 56.6 Å². The third-order valence-electron chi connectivity index (χ3n) is 5.92. The van der Waals surface area contributed by atoms with Crippen molar-refractivity contribution in [3.8, 4) is 0 Å². The van der Waals surface area contributed by atoms with Crippen molar-refractivity contribution in [2.24, 2.45) is 11.8 Å². The molecule has 0 aliphatic carbocycles. The molecule has 0 aromatic heterocycles. The van der Waals surface area contributed by atoms with Gasteiger partial charge >= 0.3 is 0 Å². The first kappa shape index (κ1) is 17.7. The van der Waals surface area contributed by atoms with Crippen molar-refractivity contribution in [3.63, 3.8) is 0 Å². The van der Waals surface area contributed by atoms with E-state index in [0.29, 0.717) is 11.8 Å². The molecule has 1 aromatic rings. The second kappa shape index (κ2) is 7.93. The Labute approximate surface area is 155 Å². The molecule has 0 amide bonds. The smallest absolute Gasteiger partial charge is 0.0985 e. The van der Waals surface area contributed by atoms with Gasteiger partial charge in [-0.25, -0.2) is 0 Å². The van der Waals surface area contributed by atoms with E-state index in [1.54, 1.807) is 0 Å². The molecule has 0 bridgehead atoms. The standard InChI is InChI=1S/C20H28ClNO3/c21-19-3-1-16(2-4-19)11-22-14-20(15-22)18(7-10-25-20)13-24-12-17-5-8-23-9-6-17/h1-4,17-18H,5-15H2. The highest BCUT2D eigenvalue weighted by molar-refractivity contribution is 6.30. The van der Waals surface area contributed by atoms with Crippen LogP contribution < -0.4 is 0 Å². The van der Waals surface area contributed by atoms with Crippen LogP contribution in [0.25, 0.3) is 0 Å². The fraction of sp³-hybridized carbons (Fsp3) is 0.700. The average Bonchev–Trinajstić information content (AvgIpc) is 3.01. The first-order chi connectivity index (χ1) is 12.2. The number of likely N-dealkylation sites (tertiary alicyclic amines) is 1. The van der Waals surface area contributed by atoms with Crippen molar-refractivity contribution < 1.29 is 14.2 Å². The minimum absolute atomic E-state index is 0.0299. The molecule has 3 fully saturated rings. The molecule has 3 aliphatic heterocycles. The molecule has 3 saturated heterocycles. The fourth-order valence-electron chi connectivity index (χ4n) is 4.33. The van der Waals surface area contributed by atoms with E-state index in [2.05, 4.69) is 17.0 Å². The van der Waals surface area contributed by atoms with Crippen molar-refractivity contribution in [1.82, 2.24) is 4.90 Å². The number of hydrogen-bond acceptors (Lipinski definition) is 4. The number of ether oxygens (including phenoxy) is 3. The van der Waals surface area contributed by atoms with Crippen molar-refractivity contribution in [1.29, 1.82) is 0 Å². The average molecular weight is 366 g/mol. The Hall–Kier alpha value is -0.650. The topological polar surface area (TPSA) is 30.9 Å². The summed E-state index contributed by atoms with van der Waals surface area (Å²) in [6.07, 6.45) is 3.41. The molecular formula is C20H28ClNO3. The number of nitrogens with zero attached hydrogens (tertiary/aromatic N) is 1. The summed E-state index contributed by atoms with van der Waals surface area (Å²) in [6.45, 7) is 7.38. The van der Waals surface area contributed by atoms with Gasteiger partial charge in [0, 0.05) is 57.0 Å². The lowest BCUT2D eigenvalue weighted by atomic mass is 9.81. The van der Waals surface area contributed by atoms with E-state index in [1.165, 1.54) is 5.56 Å². The van der Waals surface area contributed by atoms with Gasteiger partial charge < -0.3 is 14.2 Å². The van der Waals surface area contributed by atoms with Gasteiger partial charge in [-0.1, -0.05) is 23.7 Å². The van der Waals surface area contributed by atoms with Crippen LogP contribution in [0.15, 0.2) is 24.3 Å². The molecule has 3 heterocycles. The zero-order valence-corrected chi connectivity index (χ0v) is 15.5. The van der Waals surface area contributed by atoms with E-state index in [0.717, 1.165) is 77.0 Å². The highest BCUT2D eigenvalue weighted by Crippen LogP contribution is 2.40. The van der Waals surface area contributed by atoms with E-state index in [-0.39, 0.29) is 5.60 Å². The van der Waals surface area contributed by atoms with Crippen LogP contribution in [-0.2, 0) is 20.8 Å². The molecule has 3 aliphatic rings. The molecule has 0 N–H and O–H groups in total. The SMILES string of the molecule is Clc1ccc(CN2CC3(C2)OCCC3COCC2CCOCC2)cc1.